The molecule has 130 valence electrons. The number of carbonyl (C=O) groups excluding carboxylic acids is 1. The molecule has 0 spiro atoms. The topological polar surface area (TPSA) is 81.7 Å². The largest absolute Gasteiger partial charge is 0.336 e. The summed E-state index contributed by atoms with van der Waals surface area (Å²) in [6.45, 7) is 5.52. The van der Waals surface area contributed by atoms with Crippen molar-refractivity contribution in [2.45, 2.75) is 38.8 Å². The fraction of sp³-hybridized carbons (Fsp3) is 0.471. The van der Waals surface area contributed by atoms with E-state index in [4.69, 9.17) is 0 Å². The van der Waals surface area contributed by atoms with Crippen LogP contribution in [0.4, 0.5) is 0 Å². The van der Waals surface area contributed by atoms with Gasteiger partial charge in [-0.25, -0.2) is 19.3 Å². The van der Waals surface area contributed by atoms with E-state index in [0.29, 0.717) is 12.1 Å². The summed E-state index contributed by atoms with van der Waals surface area (Å²) in [6.07, 6.45) is 8.64. The Balaban J connectivity index is 1.57. The van der Waals surface area contributed by atoms with Gasteiger partial charge in [-0.3, -0.25) is 4.79 Å². The lowest BCUT2D eigenvalue weighted by Gasteiger charge is -2.32. The molecule has 25 heavy (non-hydrogen) atoms. The Hall–Kier alpha value is -2.77. The quantitative estimate of drug-likeness (QED) is 0.730. The van der Waals surface area contributed by atoms with E-state index in [-0.39, 0.29) is 18.0 Å². The van der Waals surface area contributed by atoms with E-state index in [1.54, 1.807) is 18.7 Å². The van der Waals surface area contributed by atoms with E-state index in [1.807, 2.05) is 20.3 Å². The van der Waals surface area contributed by atoms with Gasteiger partial charge in [0, 0.05) is 30.7 Å². The molecule has 1 fully saturated rings. The Morgan fingerprint density at radius 2 is 2.16 bits per heavy atom. The number of pyridine rings is 1. The molecule has 3 aromatic rings. The minimum absolute atomic E-state index is 0.0107. The number of likely N-dealkylation sites (tertiary alicyclic amines) is 1. The van der Waals surface area contributed by atoms with Crippen LogP contribution in [0.1, 0.15) is 49.1 Å². The second-order valence-corrected chi connectivity index (χ2v) is 6.74. The van der Waals surface area contributed by atoms with Crippen molar-refractivity contribution in [3.8, 4) is 0 Å². The number of fused-ring (bicyclic) bond motifs is 1. The highest BCUT2D eigenvalue weighted by Gasteiger charge is 2.26. The van der Waals surface area contributed by atoms with Gasteiger partial charge in [-0.2, -0.15) is 10.2 Å². The van der Waals surface area contributed by atoms with Crippen LogP contribution in [0.15, 0.2) is 31.1 Å². The van der Waals surface area contributed by atoms with E-state index < -0.39 is 0 Å². The molecule has 0 saturated carbocycles. The van der Waals surface area contributed by atoms with Crippen molar-refractivity contribution in [3.63, 3.8) is 0 Å². The molecular formula is C17H21N7O. The molecule has 8 heteroatoms. The first kappa shape index (κ1) is 15.7. The molecule has 0 unspecified atom stereocenters. The summed E-state index contributed by atoms with van der Waals surface area (Å²) in [7, 11) is 0. The molecule has 1 saturated heterocycles. The second-order valence-electron chi connectivity index (χ2n) is 6.74. The molecule has 8 nitrogen and oxygen atoms in total. The molecule has 1 aliphatic rings. The minimum atomic E-state index is 0.0107. The van der Waals surface area contributed by atoms with Crippen LogP contribution in [-0.4, -0.2) is 53.4 Å². The van der Waals surface area contributed by atoms with Crippen LogP contribution in [0.2, 0.25) is 0 Å². The molecule has 1 aliphatic heterocycles. The lowest BCUT2D eigenvalue weighted by atomic mass is 10.0. The number of aromatic nitrogens is 6. The van der Waals surface area contributed by atoms with Crippen molar-refractivity contribution < 1.29 is 4.79 Å². The fourth-order valence-corrected chi connectivity index (χ4v) is 3.38. The van der Waals surface area contributed by atoms with Gasteiger partial charge in [0.05, 0.1) is 17.8 Å². The first-order valence-corrected chi connectivity index (χ1v) is 8.60. The number of hydrogen-bond donors (Lipinski definition) is 0. The van der Waals surface area contributed by atoms with Gasteiger partial charge in [-0.1, -0.05) is 0 Å². The molecule has 1 amide bonds. The third-order valence-electron chi connectivity index (χ3n) is 4.66. The first-order valence-electron chi connectivity index (χ1n) is 8.60. The summed E-state index contributed by atoms with van der Waals surface area (Å²) in [5.74, 6) is 0.0107. The Morgan fingerprint density at radius 1 is 1.28 bits per heavy atom. The van der Waals surface area contributed by atoms with Crippen LogP contribution in [0.3, 0.4) is 0 Å². The number of piperidine rings is 1. The molecule has 0 aliphatic carbocycles. The van der Waals surface area contributed by atoms with Crippen molar-refractivity contribution in [1.29, 1.82) is 0 Å². The van der Waals surface area contributed by atoms with Crippen molar-refractivity contribution in [1.82, 2.24) is 34.4 Å². The van der Waals surface area contributed by atoms with Gasteiger partial charge in [0.2, 0.25) is 0 Å². The number of amides is 1. The molecule has 4 heterocycles. The molecule has 0 bridgehead atoms. The lowest BCUT2D eigenvalue weighted by molar-refractivity contribution is 0.0672. The zero-order chi connectivity index (χ0) is 17.4. The van der Waals surface area contributed by atoms with E-state index in [0.717, 1.165) is 30.4 Å². The number of hydrogen-bond acceptors (Lipinski definition) is 5. The zero-order valence-corrected chi connectivity index (χ0v) is 14.4. The van der Waals surface area contributed by atoms with Crippen molar-refractivity contribution in [3.05, 3.63) is 36.7 Å². The molecule has 4 rings (SSSR count). The predicted octanol–water partition coefficient (Wildman–Crippen LogP) is 2.08. The Bertz CT molecular complexity index is 884. The maximum atomic E-state index is 12.9. The van der Waals surface area contributed by atoms with Gasteiger partial charge in [0.1, 0.15) is 12.7 Å². The maximum Gasteiger partial charge on any atom is 0.255 e. The zero-order valence-electron chi connectivity index (χ0n) is 14.4. The highest BCUT2D eigenvalue weighted by atomic mass is 16.2. The molecule has 0 radical (unpaired) electrons. The van der Waals surface area contributed by atoms with Crippen molar-refractivity contribution in [2.24, 2.45) is 0 Å². The molecule has 3 aromatic heterocycles. The monoisotopic (exact) mass is 339 g/mol. The predicted molar refractivity (Wildman–Crippen MR) is 92.1 cm³/mol. The first-order chi connectivity index (χ1) is 12.1. The fourth-order valence-electron chi connectivity index (χ4n) is 3.38. The smallest absolute Gasteiger partial charge is 0.255 e. The Labute approximate surface area is 145 Å². The summed E-state index contributed by atoms with van der Waals surface area (Å²) >= 11 is 0. The van der Waals surface area contributed by atoms with Gasteiger partial charge < -0.3 is 4.90 Å². The Morgan fingerprint density at radius 3 is 2.92 bits per heavy atom. The summed E-state index contributed by atoms with van der Waals surface area (Å²) in [6, 6.07) is 2.30. The van der Waals surface area contributed by atoms with E-state index in [9.17, 15) is 4.79 Å². The summed E-state index contributed by atoms with van der Waals surface area (Å²) in [5.41, 5.74) is 1.42. The average molecular weight is 339 g/mol. The molecule has 0 N–H and O–H groups in total. The second kappa shape index (κ2) is 6.27. The Kier molecular flexibility index (Phi) is 3.95. The standard InChI is InChI=1S/C17H21N7O/c1-12(2)24-16-13(8-20-24)6-14(7-19-16)17(25)22-5-3-4-15(9-22)23-11-18-10-21-23/h6-8,10-12,15H,3-5,9H2,1-2H3/t15-/m0/s1. The van der Waals surface area contributed by atoms with Crippen LogP contribution >= 0.6 is 0 Å². The average Bonchev–Trinajstić information content (AvgIpc) is 3.30. The summed E-state index contributed by atoms with van der Waals surface area (Å²) < 4.78 is 3.71. The summed E-state index contributed by atoms with van der Waals surface area (Å²) in [4.78, 5) is 23.3. The van der Waals surface area contributed by atoms with E-state index >= 15 is 0 Å². The van der Waals surface area contributed by atoms with E-state index in [2.05, 4.69) is 34.0 Å². The van der Waals surface area contributed by atoms with Gasteiger partial charge in [-0.05, 0) is 32.8 Å². The van der Waals surface area contributed by atoms with Crippen LogP contribution in [0, 0.1) is 0 Å². The van der Waals surface area contributed by atoms with Crippen LogP contribution in [0.25, 0.3) is 11.0 Å². The summed E-state index contributed by atoms with van der Waals surface area (Å²) in [5, 5.41) is 9.47. The van der Waals surface area contributed by atoms with Crippen LogP contribution < -0.4 is 0 Å². The number of rotatable bonds is 3. The number of nitrogens with zero attached hydrogens (tertiary/aromatic N) is 7. The SMILES string of the molecule is CC(C)n1ncc2cc(C(=O)N3CCC[C@H](n4cncn4)C3)cnc21. The highest BCUT2D eigenvalue weighted by Crippen LogP contribution is 2.23. The van der Waals surface area contributed by atoms with Crippen LogP contribution in [0.5, 0.6) is 0 Å². The molecule has 1 atom stereocenters. The van der Waals surface area contributed by atoms with Gasteiger partial charge >= 0.3 is 0 Å². The normalized spacial score (nSPS) is 18.2. The van der Waals surface area contributed by atoms with Gasteiger partial charge in [0.15, 0.2) is 5.65 Å². The lowest BCUT2D eigenvalue weighted by Crippen LogP contribution is -2.40. The third kappa shape index (κ3) is 2.88. The third-order valence-corrected chi connectivity index (χ3v) is 4.66. The van der Waals surface area contributed by atoms with E-state index in [1.165, 1.54) is 6.33 Å². The van der Waals surface area contributed by atoms with Crippen molar-refractivity contribution >= 4 is 16.9 Å². The number of carbonyl (C=O) groups is 1. The molecular weight excluding hydrogens is 318 g/mol. The van der Waals surface area contributed by atoms with Crippen LogP contribution in [-0.2, 0) is 0 Å². The highest BCUT2D eigenvalue weighted by molar-refractivity contribution is 5.96. The molecule has 0 aromatic carbocycles. The minimum Gasteiger partial charge on any atom is -0.336 e. The maximum absolute atomic E-state index is 12.9. The van der Waals surface area contributed by atoms with Gasteiger partial charge in [-0.15, -0.1) is 0 Å². The van der Waals surface area contributed by atoms with Crippen molar-refractivity contribution in [2.75, 3.05) is 13.1 Å². The van der Waals surface area contributed by atoms with Gasteiger partial charge in [0.25, 0.3) is 5.91 Å².